The number of hydrogen-bond acceptors (Lipinski definition) is 3. The molecule has 0 bridgehead atoms. The summed E-state index contributed by atoms with van der Waals surface area (Å²) < 4.78 is 15.3. The van der Waals surface area contributed by atoms with Gasteiger partial charge in [-0.15, -0.1) is 11.3 Å². The second-order valence-corrected chi connectivity index (χ2v) is 7.61. The van der Waals surface area contributed by atoms with Crippen LogP contribution in [-0.4, -0.2) is 9.55 Å². The van der Waals surface area contributed by atoms with Gasteiger partial charge in [-0.05, 0) is 35.7 Å². The van der Waals surface area contributed by atoms with Gasteiger partial charge in [0.2, 0.25) is 0 Å². The summed E-state index contributed by atoms with van der Waals surface area (Å²) >= 11 is 1.57. The molecule has 0 amide bonds. The van der Waals surface area contributed by atoms with Gasteiger partial charge in [-0.25, -0.2) is 9.37 Å². The van der Waals surface area contributed by atoms with E-state index in [4.69, 9.17) is 4.98 Å². The normalized spacial score (nSPS) is 11.2. The Morgan fingerprint density at radius 3 is 2.56 bits per heavy atom. The van der Waals surface area contributed by atoms with Crippen LogP contribution in [0.2, 0.25) is 0 Å². The van der Waals surface area contributed by atoms with Crippen LogP contribution in [0.3, 0.4) is 0 Å². The van der Waals surface area contributed by atoms with Gasteiger partial charge in [0.05, 0.1) is 11.9 Å². The topological polar surface area (TPSA) is 34.9 Å². The monoisotopic (exact) mass is 378 g/mol. The second kappa shape index (κ2) is 7.45. The summed E-state index contributed by atoms with van der Waals surface area (Å²) in [5, 5.41) is 0.644. The highest BCUT2D eigenvalue weighted by Gasteiger charge is 2.15. The molecule has 0 saturated heterocycles. The van der Waals surface area contributed by atoms with Crippen molar-refractivity contribution in [2.45, 2.75) is 26.3 Å². The molecule has 27 heavy (non-hydrogen) atoms. The highest BCUT2D eigenvalue weighted by atomic mass is 32.1. The van der Waals surface area contributed by atoms with E-state index in [2.05, 4.69) is 6.92 Å². The Balaban J connectivity index is 1.86. The van der Waals surface area contributed by atoms with Crippen LogP contribution >= 0.6 is 11.3 Å². The number of fused-ring (bicyclic) bond motifs is 1. The Kier molecular flexibility index (Phi) is 4.86. The minimum Gasteiger partial charge on any atom is -0.291 e. The molecule has 0 atom stereocenters. The molecular weight excluding hydrogens is 359 g/mol. The summed E-state index contributed by atoms with van der Waals surface area (Å²) in [6, 6.07) is 18.3. The predicted molar refractivity (Wildman–Crippen MR) is 108 cm³/mol. The van der Waals surface area contributed by atoms with E-state index in [-0.39, 0.29) is 11.4 Å². The summed E-state index contributed by atoms with van der Waals surface area (Å²) in [5.74, 6) is 0.399. The van der Waals surface area contributed by atoms with Crippen LogP contribution in [-0.2, 0) is 19.4 Å². The van der Waals surface area contributed by atoms with Crippen LogP contribution in [0, 0.1) is 5.82 Å². The molecule has 5 heteroatoms. The fourth-order valence-corrected chi connectivity index (χ4v) is 4.15. The van der Waals surface area contributed by atoms with Crippen molar-refractivity contribution >= 4 is 21.6 Å². The van der Waals surface area contributed by atoms with Crippen molar-refractivity contribution in [1.29, 1.82) is 0 Å². The molecule has 4 rings (SSSR count). The number of thiophene rings is 1. The molecule has 0 fully saturated rings. The molecule has 0 aliphatic heterocycles. The molecule has 0 unspecified atom stereocenters. The van der Waals surface area contributed by atoms with Crippen molar-refractivity contribution in [1.82, 2.24) is 9.55 Å². The van der Waals surface area contributed by atoms with Gasteiger partial charge in [-0.2, -0.15) is 0 Å². The van der Waals surface area contributed by atoms with Gasteiger partial charge < -0.3 is 0 Å². The number of benzene rings is 2. The molecule has 3 nitrogen and oxygen atoms in total. The lowest BCUT2D eigenvalue weighted by Crippen LogP contribution is -2.25. The summed E-state index contributed by atoms with van der Waals surface area (Å²) in [7, 11) is 0. The molecule has 0 spiro atoms. The third kappa shape index (κ3) is 3.69. The molecule has 4 aromatic rings. The molecule has 0 N–H and O–H groups in total. The maximum atomic E-state index is 13.6. The maximum absolute atomic E-state index is 13.6. The zero-order valence-corrected chi connectivity index (χ0v) is 15.8. The predicted octanol–water partition coefficient (Wildman–Crippen LogP) is 4.80. The van der Waals surface area contributed by atoms with Crippen molar-refractivity contribution in [2.75, 3.05) is 0 Å². The molecule has 0 aliphatic rings. The SMILES string of the molecule is CCc1cc2c(=O)n(Cc3cccc(F)c3)c(Cc3ccccc3)nc2s1. The van der Waals surface area contributed by atoms with Crippen LogP contribution < -0.4 is 5.56 Å². The first kappa shape index (κ1) is 17.6. The number of halogens is 1. The molecule has 2 aromatic heterocycles. The lowest BCUT2D eigenvalue weighted by Gasteiger charge is -2.13. The van der Waals surface area contributed by atoms with Gasteiger partial charge in [0.25, 0.3) is 5.56 Å². The van der Waals surface area contributed by atoms with E-state index in [1.165, 1.54) is 12.1 Å². The first-order valence-electron chi connectivity index (χ1n) is 8.94. The Hall–Kier alpha value is -2.79. The van der Waals surface area contributed by atoms with Gasteiger partial charge >= 0.3 is 0 Å². The average Bonchev–Trinajstić information content (AvgIpc) is 3.09. The van der Waals surface area contributed by atoms with Crippen molar-refractivity contribution < 1.29 is 4.39 Å². The standard InChI is InChI=1S/C22H19FN2OS/c1-2-18-13-19-21(27-18)24-20(12-15-7-4-3-5-8-15)25(22(19)26)14-16-9-6-10-17(23)11-16/h3-11,13H,2,12,14H2,1H3. The highest BCUT2D eigenvalue weighted by molar-refractivity contribution is 7.18. The molecule has 0 aliphatic carbocycles. The Morgan fingerprint density at radius 2 is 1.81 bits per heavy atom. The highest BCUT2D eigenvalue weighted by Crippen LogP contribution is 2.23. The Bertz CT molecular complexity index is 1150. The van der Waals surface area contributed by atoms with Gasteiger partial charge in [-0.1, -0.05) is 49.4 Å². The summed E-state index contributed by atoms with van der Waals surface area (Å²) in [5.41, 5.74) is 1.77. The van der Waals surface area contributed by atoms with Crippen LogP contribution in [0.1, 0.15) is 28.8 Å². The van der Waals surface area contributed by atoms with Crippen molar-refractivity contribution in [2.24, 2.45) is 0 Å². The van der Waals surface area contributed by atoms with E-state index >= 15 is 0 Å². The number of hydrogen-bond donors (Lipinski definition) is 0. The van der Waals surface area contributed by atoms with Crippen LogP contribution in [0.15, 0.2) is 65.5 Å². The van der Waals surface area contributed by atoms with Crippen LogP contribution in [0.5, 0.6) is 0 Å². The van der Waals surface area contributed by atoms with Crippen molar-refractivity contribution in [3.8, 4) is 0 Å². The third-order valence-corrected chi connectivity index (χ3v) is 5.74. The Labute approximate surface area is 160 Å². The molecule has 2 heterocycles. The molecule has 0 saturated carbocycles. The number of rotatable bonds is 5. The lowest BCUT2D eigenvalue weighted by atomic mass is 10.1. The van der Waals surface area contributed by atoms with Gasteiger partial charge in [0.1, 0.15) is 16.5 Å². The molecule has 0 radical (unpaired) electrons. The van der Waals surface area contributed by atoms with E-state index in [0.29, 0.717) is 24.2 Å². The van der Waals surface area contributed by atoms with Gasteiger partial charge in [0, 0.05) is 11.3 Å². The fourth-order valence-electron chi connectivity index (χ4n) is 3.18. The number of aromatic nitrogens is 2. The van der Waals surface area contributed by atoms with E-state index in [1.54, 1.807) is 22.0 Å². The molecular formula is C22H19FN2OS. The fraction of sp³-hybridized carbons (Fsp3) is 0.182. The summed E-state index contributed by atoms with van der Waals surface area (Å²) in [6.07, 6.45) is 1.43. The third-order valence-electron chi connectivity index (χ3n) is 4.56. The zero-order chi connectivity index (χ0) is 18.8. The summed E-state index contributed by atoms with van der Waals surface area (Å²) in [4.78, 5) is 19.9. The number of nitrogens with zero attached hydrogens (tertiary/aromatic N) is 2. The van der Waals surface area contributed by atoms with Gasteiger partial charge in [-0.3, -0.25) is 9.36 Å². The first-order valence-corrected chi connectivity index (χ1v) is 9.76. The molecule has 2 aromatic carbocycles. The zero-order valence-electron chi connectivity index (χ0n) is 15.0. The van der Waals surface area contributed by atoms with E-state index < -0.39 is 0 Å². The minimum absolute atomic E-state index is 0.0638. The van der Waals surface area contributed by atoms with Crippen molar-refractivity contribution in [3.05, 3.63) is 98.7 Å². The molecule has 136 valence electrons. The Morgan fingerprint density at radius 1 is 1.04 bits per heavy atom. The quantitative estimate of drug-likeness (QED) is 0.500. The smallest absolute Gasteiger partial charge is 0.262 e. The van der Waals surface area contributed by atoms with E-state index in [0.717, 1.165) is 27.3 Å². The van der Waals surface area contributed by atoms with Gasteiger partial charge in [0.15, 0.2) is 0 Å². The maximum Gasteiger partial charge on any atom is 0.262 e. The number of aryl methyl sites for hydroxylation is 1. The van der Waals surface area contributed by atoms with Crippen LogP contribution in [0.4, 0.5) is 4.39 Å². The minimum atomic E-state index is -0.303. The first-order chi connectivity index (χ1) is 13.1. The second-order valence-electron chi connectivity index (χ2n) is 6.50. The van der Waals surface area contributed by atoms with E-state index in [1.807, 2.05) is 42.5 Å². The van der Waals surface area contributed by atoms with Crippen LogP contribution in [0.25, 0.3) is 10.2 Å². The lowest BCUT2D eigenvalue weighted by molar-refractivity contribution is 0.620. The largest absolute Gasteiger partial charge is 0.291 e. The van der Waals surface area contributed by atoms with E-state index in [9.17, 15) is 9.18 Å². The summed E-state index contributed by atoms with van der Waals surface area (Å²) in [6.45, 7) is 2.37. The average molecular weight is 378 g/mol. The van der Waals surface area contributed by atoms with Crippen molar-refractivity contribution in [3.63, 3.8) is 0 Å².